The van der Waals surface area contributed by atoms with Crippen LogP contribution in [-0.2, 0) is 32.6 Å². The molecule has 0 aromatic heterocycles. The Kier molecular flexibility index (Phi) is 27.4. The van der Waals surface area contributed by atoms with Crippen LogP contribution in [-0.4, -0.2) is 11.4 Å². The van der Waals surface area contributed by atoms with Gasteiger partial charge >= 0.3 is 0 Å². The second-order valence-electron chi connectivity index (χ2n) is 23.3. The molecule has 7 heteroatoms. The minimum atomic E-state index is -0.0498. The van der Waals surface area contributed by atoms with Crippen LogP contribution in [0.15, 0.2) is 241 Å². The van der Waals surface area contributed by atoms with Gasteiger partial charge in [0.05, 0.1) is 22.8 Å². The van der Waals surface area contributed by atoms with Crippen LogP contribution >= 0.6 is 0 Å². The van der Waals surface area contributed by atoms with E-state index in [0.717, 1.165) is 22.5 Å². The van der Waals surface area contributed by atoms with E-state index in [2.05, 4.69) is 158 Å². The second-order valence-corrected chi connectivity index (χ2v) is 23.3. The molecule has 0 saturated carbocycles. The van der Waals surface area contributed by atoms with E-state index in [9.17, 15) is 10.2 Å². The molecule has 0 bridgehead atoms. The molecule has 0 N–H and O–H groups in total. The van der Waals surface area contributed by atoms with E-state index >= 15 is 0 Å². The Morgan fingerprint density at radius 2 is 0.519 bits per heavy atom. The number of aryl methyl sites for hydroxylation is 2. The summed E-state index contributed by atoms with van der Waals surface area (Å²) in [4.78, 5) is 9.97. The van der Waals surface area contributed by atoms with Gasteiger partial charge in [-0.1, -0.05) is 300 Å². The fraction of sp³-hybridized carbons (Fsp3) is 0.250. The maximum atomic E-state index is 12.9. The summed E-state index contributed by atoms with van der Waals surface area (Å²) in [6, 6.07) is 72.1. The number of rotatable bonds is 8. The SMILES string of the molecule is CC(C)(C)c1cc(N=C(/C=C(\[O-])c2ccccc2)c2ccccc2)cc(C(C)(C)C)c1.CC(C)(C)c1cc(N=C(/C=C(\[O-])c2ccccc2)c2ccccc2)cc(C(C)(C)C)c1.Cc1ccccc1.Cc1ccccc1.[O-2].[O-2].[U]. The summed E-state index contributed by atoms with van der Waals surface area (Å²) in [5, 5.41) is 25.9. The van der Waals surface area contributed by atoms with Crippen molar-refractivity contribution in [3.05, 3.63) is 286 Å². The Morgan fingerprint density at radius 3 is 0.709 bits per heavy atom. The van der Waals surface area contributed by atoms with Gasteiger partial charge in [-0.05, 0) is 105 Å². The molecule has 0 radical (unpaired) electrons. The van der Waals surface area contributed by atoms with Crippen LogP contribution in [0.5, 0.6) is 0 Å². The number of nitrogens with zero attached hydrogens (tertiary/aromatic N) is 2. The fourth-order valence-electron chi connectivity index (χ4n) is 7.63. The second kappa shape index (κ2) is 31.7. The number of aliphatic imine (C=N–C) groups is 2. The zero-order valence-electron chi connectivity index (χ0n) is 49.0. The molecular formula is C72H80N2O4U-6. The van der Waals surface area contributed by atoms with E-state index in [1.807, 2.05) is 158 Å². The van der Waals surface area contributed by atoms with Crippen molar-refractivity contribution in [1.82, 2.24) is 0 Å². The van der Waals surface area contributed by atoms with Crippen molar-refractivity contribution < 1.29 is 52.3 Å². The fourth-order valence-corrected chi connectivity index (χ4v) is 7.63. The van der Waals surface area contributed by atoms with Crippen LogP contribution in [0, 0.1) is 45.0 Å². The largest absolute Gasteiger partial charge is 2.00 e. The smallest absolute Gasteiger partial charge is 0.0703 e. The average Bonchev–Trinajstić information content (AvgIpc) is 3.39. The van der Waals surface area contributed by atoms with E-state index in [0.29, 0.717) is 22.6 Å². The van der Waals surface area contributed by atoms with Gasteiger partial charge in [-0.25, -0.2) is 9.98 Å². The molecule has 412 valence electrons. The van der Waals surface area contributed by atoms with Crippen LogP contribution in [0.3, 0.4) is 0 Å². The molecule has 6 nitrogen and oxygen atoms in total. The summed E-state index contributed by atoms with van der Waals surface area (Å²) < 4.78 is 0. The standard InChI is InChI=1S/2C29H33NO.2C7H8.2O.U/c2*1-28(2,3)23-17-24(29(4,5)6)19-25(18-23)30-26(21-13-9-7-10-14-21)20-27(31)22-15-11-8-12-16-22;2*1-7-5-3-2-4-6-7;;;/h2*7-20,31H,1-6H3;2*2-6H,1H3;;;/q;;;;2*-2;/p-2/b2*27-20-,30-26?;;;;;. The number of hydrogen-bond acceptors (Lipinski definition) is 4. The number of allylic oxidation sites excluding steroid dienone is 2. The zero-order valence-corrected chi connectivity index (χ0v) is 53.1. The summed E-state index contributed by atoms with van der Waals surface area (Å²) in [7, 11) is 0. The van der Waals surface area contributed by atoms with Crippen molar-refractivity contribution in [2.75, 3.05) is 0 Å². The summed E-state index contributed by atoms with van der Waals surface area (Å²) >= 11 is 0. The molecule has 0 unspecified atom stereocenters. The summed E-state index contributed by atoms with van der Waals surface area (Å²) in [5.74, 6) is -0.0996. The zero-order chi connectivity index (χ0) is 55.5. The Balaban J connectivity index is 0.000000419. The van der Waals surface area contributed by atoms with Crippen molar-refractivity contribution in [1.29, 1.82) is 0 Å². The van der Waals surface area contributed by atoms with Crippen LogP contribution in [0.4, 0.5) is 11.4 Å². The Morgan fingerprint density at radius 1 is 0.316 bits per heavy atom. The van der Waals surface area contributed by atoms with E-state index in [4.69, 9.17) is 9.98 Å². The van der Waals surface area contributed by atoms with Gasteiger partial charge in [-0.2, -0.15) is 0 Å². The van der Waals surface area contributed by atoms with Gasteiger partial charge in [0.1, 0.15) is 0 Å². The minimum absolute atomic E-state index is 0. The molecule has 0 heterocycles. The van der Waals surface area contributed by atoms with Crippen molar-refractivity contribution >= 4 is 34.3 Å². The molecule has 0 amide bonds. The van der Waals surface area contributed by atoms with E-state index < -0.39 is 0 Å². The maximum absolute atomic E-state index is 12.9. The predicted molar refractivity (Wildman–Crippen MR) is 326 cm³/mol. The quantitative estimate of drug-likeness (QED) is 0.111. The van der Waals surface area contributed by atoms with Crippen molar-refractivity contribution in [2.45, 2.75) is 119 Å². The average molecular weight is 1280 g/mol. The molecule has 79 heavy (non-hydrogen) atoms. The molecule has 0 aliphatic rings. The Labute approximate surface area is 497 Å². The summed E-state index contributed by atoms with van der Waals surface area (Å²) in [6.07, 6.45) is 3.29. The predicted octanol–water partition coefficient (Wildman–Crippen LogP) is 17.4. The van der Waals surface area contributed by atoms with Gasteiger partial charge in [0, 0.05) is 42.2 Å². The van der Waals surface area contributed by atoms with Gasteiger partial charge in [-0.15, -0.1) is 0 Å². The summed E-state index contributed by atoms with van der Waals surface area (Å²) in [6.45, 7) is 30.7. The van der Waals surface area contributed by atoms with E-state index in [1.54, 1.807) is 12.2 Å². The Hall–Kier alpha value is -6.85. The molecule has 8 aromatic rings. The minimum Gasteiger partial charge on any atom is -2.00 e. The third-order valence-corrected chi connectivity index (χ3v) is 12.5. The first-order valence-corrected chi connectivity index (χ1v) is 26.4. The van der Waals surface area contributed by atoms with Crippen molar-refractivity contribution in [2.24, 2.45) is 9.98 Å². The van der Waals surface area contributed by atoms with Gasteiger partial charge < -0.3 is 21.2 Å². The number of benzene rings is 8. The number of hydrogen-bond donors (Lipinski definition) is 0. The normalized spacial score (nSPS) is 12.0. The molecule has 8 rings (SSSR count). The first kappa shape index (κ1) is 68.3. The molecule has 8 aromatic carbocycles. The molecule has 0 saturated heterocycles. The van der Waals surface area contributed by atoms with E-state index in [-0.39, 0.29) is 75.2 Å². The van der Waals surface area contributed by atoms with Crippen LogP contribution in [0.1, 0.15) is 139 Å². The Bertz CT molecular complexity index is 2880. The van der Waals surface area contributed by atoms with Crippen LogP contribution in [0.25, 0.3) is 11.5 Å². The van der Waals surface area contributed by atoms with Gasteiger partial charge in [0.25, 0.3) is 0 Å². The maximum Gasteiger partial charge on any atom is 0.0703 e. The first-order valence-electron chi connectivity index (χ1n) is 26.4. The molecular weight excluding hydrogens is 1190 g/mol. The molecule has 0 aliphatic heterocycles. The van der Waals surface area contributed by atoms with E-state index in [1.165, 1.54) is 33.4 Å². The van der Waals surface area contributed by atoms with Crippen LogP contribution in [0.2, 0.25) is 0 Å². The van der Waals surface area contributed by atoms with Gasteiger partial charge in [0.2, 0.25) is 0 Å². The van der Waals surface area contributed by atoms with Crippen LogP contribution < -0.4 is 10.2 Å². The molecule has 0 fully saturated rings. The third kappa shape index (κ3) is 23.2. The topological polar surface area (TPSA) is 128 Å². The van der Waals surface area contributed by atoms with Crippen molar-refractivity contribution in [3.8, 4) is 0 Å². The molecule has 0 atom stereocenters. The molecule has 0 spiro atoms. The van der Waals surface area contributed by atoms with Gasteiger partial charge in [-0.3, -0.25) is 0 Å². The van der Waals surface area contributed by atoms with Gasteiger partial charge in [0.15, 0.2) is 0 Å². The third-order valence-electron chi connectivity index (χ3n) is 12.5. The first-order chi connectivity index (χ1) is 35.9. The molecule has 0 aliphatic carbocycles. The van der Waals surface area contributed by atoms with Crippen molar-refractivity contribution in [3.63, 3.8) is 0 Å². The summed E-state index contributed by atoms with van der Waals surface area (Å²) in [5.41, 5.74) is 13.8. The monoisotopic (exact) mass is 1270 g/mol.